The van der Waals surface area contributed by atoms with Crippen LogP contribution in [0, 0.1) is 6.92 Å². The molecule has 3 N–H and O–H groups in total. The van der Waals surface area contributed by atoms with Gasteiger partial charge in [0.15, 0.2) is 5.11 Å². The van der Waals surface area contributed by atoms with Gasteiger partial charge in [-0.3, -0.25) is 15.6 Å². The topological polar surface area (TPSA) is 90.5 Å². The number of carbonyl (C=O) groups excluding carboxylic acids is 1. The van der Waals surface area contributed by atoms with E-state index in [0.29, 0.717) is 35.4 Å². The number of nitrogens with one attached hydrogen (secondary N) is 3. The molecule has 0 spiro atoms. The number of nitrogens with zero attached hydrogens (tertiary/aromatic N) is 1. The van der Waals surface area contributed by atoms with Crippen molar-refractivity contribution in [3.05, 3.63) is 29.3 Å². The van der Waals surface area contributed by atoms with Gasteiger partial charge in [-0.05, 0) is 62.5 Å². The highest BCUT2D eigenvalue weighted by Crippen LogP contribution is 2.23. The maximum absolute atomic E-state index is 12.9. The van der Waals surface area contributed by atoms with Crippen molar-refractivity contribution in [1.29, 1.82) is 0 Å². The fourth-order valence-corrected chi connectivity index (χ4v) is 5.49. The van der Waals surface area contributed by atoms with Crippen LogP contribution in [-0.4, -0.2) is 42.9 Å². The maximum atomic E-state index is 12.9. The summed E-state index contributed by atoms with van der Waals surface area (Å²) in [6, 6.07) is 5.03. The van der Waals surface area contributed by atoms with Gasteiger partial charge in [-0.1, -0.05) is 25.3 Å². The molecule has 0 aromatic heterocycles. The van der Waals surface area contributed by atoms with Crippen molar-refractivity contribution in [3.8, 4) is 0 Å². The van der Waals surface area contributed by atoms with Crippen LogP contribution in [0.4, 0.5) is 0 Å². The number of thiocarbonyl (C=S) groups is 1. The summed E-state index contributed by atoms with van der Waals surface area (Å²) in [6.45, 7) is 2.84. The van der Waals surface area contributed by atoms with Gasteiger partial charge in [0.25, 0.3) is 5.91 Å². The van der Waals surface area contributed by atoms with E-state index in [1.54, 1.807) is 19.1 Å². The second kappa shape index (κ2) is 9.19. The third kappa shape index (κ3) is 5.01. The second-order valence-corrected chi connectivity index (χ2v) is 9.82. The van der Waals surface area contributed by atoms with Crippen molar-refractivity contribution >= 4 is 33.3 Å². The SMILES string of the molecule is Cc1ccc(S(=O)(=O)N2CCCCC2)cc1C(=O)NNC(=S)NC1CCCC1. The molecule has 7 nitrogen and oxygen atoms in total. The van der Waals surface area contributed by atoms with E-state index >= 15 is 0 Å². The number of sulfonamides is 1. The molecule has 0 radical (unpaired) electrons. The molecule has 2 fully saturated rings. The van der Waals surface area contributed by atoms with Crippen LogP contribution in [0.3, 0.4) is 0 Å². The van der Waals surface area contributed by atoms with Crippen LogP contribution in [0.1, 0.15) is 60.9 Å². The van der Waals surface area contributed by atoms with Gasteiger partial charge in [0.05, 0.1) is 4.90 Å². The first kappa shape index (κ1) is 21.0. The lowest BCUT2D eigenvalue weighted by Crippen LogP contribution is -2.49. The molecule has 1 saturated carbocycles. The number of hydrazine groups is 1. The Hall–Kier alpha value is -1.71. The largest absolute Gasteiger partial charge is 0.359 e. The molecule has 0 unspecified atom stereocenters. The van der Waals surface area contributed by atoms with Gasteiger partial charge in [-0.25, -0.2) is 8.42 Å². The van der Waals surface area contributed by atoms with Crippen molar-refractivity contribution in [2.45, 2.75) is 62.8 Å². The highest BCUT2D eigenvalue weighted by atomic mass is 32.2. The molecule has 154 valence electrons. The number of aryl methyl sites for hydroxylation is 1. The van der Waals surface area contributed by atoms with E-state index in [-0.39, 0.29) is 4.90 Å². The van der Waals surface area contributed by atoms with Crippen LogP contribution in [0.25, 0.3) is 0 Å². The molecule has 1 heterocycles. The van der Waals surface area contributed by atoms with Crippen LogP contribution < -0.4 is 16.2 Å². The second-order valence-electron chi connectivity index (χ2n) is 7.48. The monoisotopic (exact) mass is 424 g/mol. The number of benzene rings is 1. The van der Waals surface area contributed by atoms with E-state index in [2.05, 4.69) is 16.2 Å². The maximum Gasteiger partial charge on any atom is 0.269 e. The highest BCUT2D eigenvalue weighted by molar-refractivity contribution is 7.89. The zero-order chi connectivity index (χ0) is 20.1. The molecule has 1 amide bonds. The Labute approximate surface area is 172 Å². The number of piperidine rings is 1. The highest BCUT2D eigenvalue weighted by Gasteiger charge is 2.27. The lowest BCUT2D eigenvalue weighted by molar-refractivity contribution is 0.0942. The minimum absolute atomic E-state index is 0.150. The van der Waals surface area contributed by atoms with Gasteiger partial charge >= 0.3 is 0 Å². The fraction of sp³-hybridized carbons (Fsp3) is 0.579. The standard InChI is InChI=1S/C19H28N4O3S2/c1-14-9-10-16(28(25,26)23-11-5-2-6-12-23)13-17(14)18(24)21-22-19(27)20-15-7-3-4-8-15/h9-10,13,15H,2-8,11-12H2,1H3,(H,21,24)(H2,20,22,27). The van der Waals surface area contributed by atoms with E-state index in [1.165, 1.54) is 23.2 Å². The molecule has 28 heavy (non-hydrogen) atoms. The Morgan fingerprint density at radius 2 is 1.75 bits per heavy atom. The van der Waals surface area contributed by atoms with Gasteiger partial charge in [0.2, 0.25) is 10.0 Å². The van der Waals surface area contributed by atoms with E-state index in [9.17, 15) is 13.2 Å². The lowest BCUT2D eigenvalue weighted by Gasteiger charge is -2.26. The molecule has 1 aliphatic heterocycles. The molecular weight excluding hydrogens is 396 g/mol. The van der Waals surface area contributed by atoms with Gasteiger partial charge in [-0.15, -0.1) is 0 Å². The molecular formula is C19H28N4O3S2. The molecule has 1 aliphatic carbocycles. The third-order valence-electron chi connectivity index (χ3n) is 5.39. The summed E-state index contributed by atoms with van der Waals surface area (Å²) in [5.74, 6) is -0.413. The predicted molar refractivity (Wildman–Crippen MR) is 112 cm³/mol. The fourth-order valence-electron chi connectivity index (χ4n) is 3.73. The normalized spacial score (nSPS) is 18.6. The number of hydrogen-bond donors (Lipinski definition) is 3. The van der Waals surface area contributed by atoms with E-state index in [1.807, 2.05) is 0 Å². The van der Waals surface area contributed by atoms with E-state index in [4.69, 9.17) is 12.2 Å². The predicted octanol–water partition coefficient (Wildman–Crippen LogP) is 2.22. The Morgan fingerprint density at radius 1 is 1.07 bits per heavy atom. The minimum Gasteiger partial charge on any atom is -0.359 e. The zero-order valence-electron chi connectivity index (χ0n) is 16.2. The van der Waals surface area contributed by atoms with Gasteiger partial charge < -0.3 is 5.32 Å². The summed E-state index contributed by atoms with van der Waals surface area (Å²) in [5.41, 5.74) is 6.30. The van der Waals surface area contributed by atoms with Crippen molar-refractivity contribution < 1.29 is 13.2 Å². The average molecular weight is 425 g/mol. The number of carbonyl (C=O) groups is 1. The average Bonchev–Trinajstić information content (AvgIpc) is 3.20. The molecule has 3 rings (SSSR count). The molecule has 0 bridgehead atoms. The molecule has 2 aliphatic rings. The third-order valence-corrected chi connectivity index (χ3v) is 7.50. The number of rotatable bonds is 4. The van der Waals surface area contributed by atoms with Gasteiger partial charge in [0, 0.05) is 24.7 Å². The first-order chi connectivity index (χ1) is 13.4. The first-order valence-electron chi connectivity index (χ1n) is 9.85. The smallest absolute Gasteiger partial charge is 0.269 e. The van der Waals surface area contributed by atoms with Gasteiger partial charge in [0.1, 0.15) is 0 Å². The minimum atomic E-state index is -3.59. The van der Waals surface area contributed by atoms with Crippen LogP contribution in [-0.2, 0) is 10.0 Å². The Bertz CT molecular complexity index is 830. The first-order valence-corrected chi connectivity index (χ1v) is 11.7. The van der Waals surface area contributed by atoms with Gasteiger partial charge in [-0.2, -0.15) is 4.31 Å². The Balaban J connectivity index is 1.66. The van der Waals surface area contributed by atoms with Crippen LogP contribution in [0.15, 0.2) is 23.1 Å². The molecule has 1 aromatic carbocycles. The van der Waals surface area contributed by atoms with E-state index < -0.39 is 15.9 Å². The number of hydrogen-bond acceptors (Lipinski definition) is 4. The summed E-state index contributed by atoms with van der Waals surface area (Å²) < 4.78 is 27.3. The number of amides is 1. The summed E-state index contributed by atoms with van der Waals surface area (Å²) >= 11 is 5.22. The van der Waals surface area contributed by atoms with Crippen molar-refractivity contribution in [2.24, 2.45) is 0 Å². The van der Waals surface area contributed by atoms with E-state index in [0.717, 1.165) is 32.1 Å². The zero-order valence-corrected chi connectivity index (χ0v) is 17.8. The van der Waals surface area contributed by atoms with Crippen LogP contribution in [0.5, 0.6) is 0 Å². The van der Waals surface area contributed by atoms with Crippen molar-refractivity contribution in [1.82, 2.24) is 20.5 Å². The van der Waals surface area contributed by atoms with Crippen molar-refractivity contribution in [3.63, 3.8) is 0 Å². The Morgan fingerprint density at radius 3 is 2.43 bits per heavy atom. The molecule has 9 heteroatoms. The molecule has 1 saturated heterocycles. The Kier molecular flexibility index (Phi) is 6.90. The molecule has 0 atom stereocenters. The summed E-state index contributed by atoms with van der Waals surface area (Å²) in [7, 11) is -3.59. The lowest BCUT2D eigenvalue weighted by atomic mass is 10.1. The van der Waals surface area contributed by atoms with Crippen LogP contribution >= 0.6 is 12.2 Å². The summed E-state index contributed by atoms with van der Waals surface area (Å²) in [6.07, 6.45) is 7.31. The summed E-state index contributed by atoms with van der Waals surface area (Å²) in [4.78, 5) is 12.7. The van der Waals surface area contributed by atoms with Crippen molar-refractivity contribution in [2.75, 3.05) is 13.1 Å². The van der Waals surface area contributed by atoms with Crippen LogP contribution in [0.2, 0.25) is 0 Å². The quantitative estimate of drug-likeness (QED) is 0.507. The molecule has 1 aromatic rings. The summed E-state index contributed by atoms with van der Waals surface area (Å²) in [5, 5.41) is 3.55.